The van der Waals surface area contributed by atoms with Crippen molar-refractivity contribution in [1.82, 2.24) is 19.9 Å². The van der Waals surface area contributed by atoms with E-state index in [1.54, 1.807) is 0 Å². The van der Waals surface area contributed by atoms with Crippen molar-refractivity contribution in [1.29, 1.82) is 0 Å². The van der Waals surface area contributed by atoms with Crippen LogP contribution in [0.1, 0.15) is 28.4 Å². The number of benzene rings is 1. The molecule has 0 amide bonds. The topological polar surface area (TPSA) is 82.2 Å². The molecule has 0 atom stereocenters. The second-order valence-electron chi connectivity index (χ2n) is 7.21. The lowest BCUT2D eigenvalue weighted by Crippen LogP contribution is -2.46. The first-order valence-electron chi connectivity index (χ1n) is 9.67. The summed E-state index contributed by atoms with van der Waals surface area (Å²) in [7, 11) is 0. The number of nitrogens with one attached hydrogen (secondary N) is 1. The Morgan fingerprint density at radius 1 is 1.14 bits per heavy atom. The Morgan fingerprint density at radius 2 is 1.86 bits per heavy atom. The van der Waals surface area contributed by atoms with Gasteiger partial charge in [-0.3, -0.25) is 14.5 Å². The Kier molecular flexibility index (Phi) is 5.60. The van der Waals surface area contributed by atoms with E-state index in [2.05, 4.69) is 43.0 Å². The molecular weight excluding hydrogens is 390 g/mol. The molecule has 1 aliphatic rings. The Morgan fingerprint density at radius 3 is 2.52 bits per heavy atom. The predicted molar refractivity (Wildman–Crippen MR) is 114 cm³/mol. The molecule has 1 fully saturated rings. The van der Waals surface area contributed by atoms with Crippen LogP contribution in [0.15, 0.2) is 41.5 Å². The Bertz CT molecular complexity index is 1090. The maximum Gasteiger partial charge on any atom is 0.255 e. The summed E-state index contributed by atoms with van der Waals surface area (Å²) in [6.45, 7) is 6.17. The van der Waals surface area contributed by atoms with E-state index in [-0.39, 0.29) is 5.56 Å². The molecule has 0 bridgehead atoms. The van der Waals surface area contributed by atoms with Gasteiger partial charge in [0.25, 0.3) is 10.8 Å². The van der Waals surface area contributed by atoms with Crippen molar-refractivity contribution in [2.45, 2.75) is 19.9 Å². The maximum atomic E-state index is 12.1. The molecule has 2 aromatic heterocycles. The van der Waals surface area contributed by atoms with Crippen molar-refractivity contribution >= 4 is 33.7 Å². The van der Waals surface area contributed by atoms with Crippen molar-refractivity contribution in [3.8, 4) is 0 Å². The van der Waals surface area contributed by atoms with Crippen molar-refractivity contribution in [3.05, 3.63) is 63.7 Å². The van der Waals surface area contributed by atoms with E-state index in [0.29, 0.717) is 11.5 Å². The molecule has 4 rings (SSSR count). The number of carbonyl (C=O) groups is 1. The molecule has 1 N–H and O–H groups in total. The van der Waals surface area contributed by atoms with Gasteiger partial charge in [0.05, 0.1) is 5.56 Å². The first-order valence-corrected chi connectivity index (χ1v) is 10.1. The number of aromatic amines is 1. The van der Waals surface area contributed by atoms with Gasteiger partial charge in [-0.05, 0) is 41.1 Å². The number of rotatable bonds is 5. The zero-order valence-electron chi connectivity index (χ0n) is 16.2. The number of pyridine rings is 1. The highest BCUT2D eigenvalue weighted by molar-refractivity contribution is 6.67. The third-order valence-corrected chi connectivity index (χ3v) is 5.51. The average molecular weight is 412 g/mol. The van der Waals surface area contributed by atoms with E-state index >= 15 is 0 Å². The van der Waals surface area contributed by atoms with Gasteiger partial charge in [-0.2, -0.15) is 0 Å². The lowest BCUT2D eigenvalue weighted by Gasteiger charge is -2.34. The lowest BCUT2D eigenvalue weighted by molar-refractivity contribution is 0.108. The number of aryl methyl sites for hydroxylation is 1. The van der Waals surface area contributed by atoms with E-state index in [9.17, 15) is 9.59 Å². The Labute approximate surface area is 173 Å². The second-order valence-corrected chi connectivity index (χ2v) is 7.55. The van der Waals surface area contributed by atoms with Gasteiger partial charge in [0.1, 0.15) is 0 Å². The minimum atomic E-state index is -0.552. The van der Waals surface area contributed by atoms with Crippen LogP contribution in [0.3, 0.4) is 0 Å². The predicted octanol–water partition coefficient (Wildman–Crippen LogP) is 2.58. The molecule has 0 spiro atoms. The van der Waals surface area contributed by atoms with E-state index in [0.717, 1.165) is 55.6 Å². The van der Waals surface area contributed by atoms with Crippen LogP contribution in [0.25, 0.3) is 10.9 Å². The number of hydrogen-bond donors (Lipinski definition) is 1. The quantitative estimate of drug-likeness (QED) is 0.650. The normalized spacial score (nSPS) is 15.0. The highest BCUT2D eigenvalue weighted by atomic mass is 35.5. The molecule has 7 nitrogen and oxygen atoms in total. The third-order valence-electron chi connectivity index (χ3n) is 5.29. The summed E-state index contributed by atoms with van der Waals surface area (Å²) in [6.07, 6.45) is 3.65. The Balaban J connectivity index is 1.40. The van der Waals surface area contributed by atoms with Crippen LogP contribution in [0.2, 0.25) is 0 Å². The molecular formula is C21H22ClN5O2. The number of halogens is 1. The first kappa shape index (κ1) is 19.5. The fraction of sp³-hybridized carbons (Fsp3) is 0.333. The second kappa shape index (κ2) is 8.31. The molecule has 1 saturated heterocycles. The van der Waals surface area contributed by atoms with E-state index in [4.69, 9.17) is 11.6 Å². The number of anilines is 1. The minimum absolute atomic E-state index is 0.00681. The molecule has 0 unspecified atom stereocenters. The van der Waals surface area contributed by atoms with Gasteiger partial charge >= 0.3 is 0 Å². The molecule has 0 radical (unpaired) electrons. The molecule has 0 saturated carbocycles. The van der Waals surface area contributed by atoms with Crippen molar-refractivity contribution in [3.63, 3.8) is 0 Å². The fourth-order valence-electron chi connectivity index (χ4n) is 3.60. The molecule has 8 heteroatoms. The number of piperazine rings is 1. The van der Waals surface area contributed by atoms with Crippen LogP contribution in [-0.4, -0.2) is 51.3 Å². The van der Waals surface area contributed by atoms with E-state index in [1.165, 1.54) is 18.0 Å². The summed E-state index contributed by atoms with van der Waals surface area (Å²) in [4.78, 5) is 39.2. The highest BCUT2D eigenvalue weighted by Crippen LogP contribution is 2.17. The molecule has 0 aliphatic carbocycles. The number of fused-ring (bicyclic) bond motifs is 1. The monoisotopic (exact) mass is 411 g/mol. The summed E-state index contributed by atoms with van der Waals surface area (Å²) in [5.41, 5.74) is 3.16. The SMILES string of the molecule is CCc1cc2ccc(CN3CCN(c4ncc(C(=O)Cl)cn4)CC3)cc2[nH]c1=O. The molecule has 1 aromatic carbocycles. The van der Waals surface area contributed by atoms with Crippen LogP contribution in [0.4, 0.5) is 5.95 Å². The summed E-state index contributed by atoms with van der Waals surface area (Å²) in [5, 5.41) is 0.509. The highest BCUT2D eigenvalue weighted by Gasteiger charge is 2.19. The number of nitrogens with zero attached hydrogens (tertiary/aromatic N) is 4. The van der Waals surface area contributed by atoms with Gasteiger partial charge in [0.15, 0.2) is 0 Å². The van der Waals surface area contributed by atoms with Gasteiger partial charge in [-0.15, -0.1) is 0 Å². The van der Waals surface area contributed by atoms with Gasteiger partial charge in [0.2, 0.25) is 5.95 Å². The van der Waals surface area contributed by atoms with Crippen LogP contribution >= 0.6 is 11.6 Å². The van der Waals surface area contributed by atoms with E-state index < -0.39 is 5.24 Å². The van der Waals surface area contributed by atoms with Crippen LogP contribution in [0.5, 0.6) is 0 Å². The van der Waals surface area contributed by atoms with Crippen molar-refractivity contribution < 1.29 is 4.79 Å². The minimum Gasteiger partial charge on any atom is -0.338 e. The molecule has 3 aromatic rings. The zero-order chi connectivity index (χ0) is 20.4. The summed E-state index contributed by atoms with van der Waals surface area (Å²) in [6, 6.07) is 8.23. The third kappa shape index (κ3) is 4.31. The van der Waals surface area contributed by atoms with Crippen LogP contribution in [-0.2, 0) is 13.0 Å². The lowest BCUT2D eigenvalue weighted by atomic mass is 10.1. The molecule has 150 valence electrons. The summed E-state index contributed by atoms with van der Waals surface area (Å²) >= 11 is 5.44. The zero-order valence-corrected chi connectivity index (χ0v) is 16.9. The first-order chi connectivity index (χ1) is 14.0. The van der Waals surface area contributed by atoms with Crippen molar-refractivity contribution in [2.75, 3.05) is 31.1 Å². The van der Waals surface area contributed by atoms with Crippen LogP contribution in [0, 0.1) is 0 Å². The number of carbonyl (C=O) groups excluding carboxylic acids is 1. The number of hydrogen-bond acceptors (Lipinski definition) is 6. The van der Waals surface area contributed by atoms with Gasteiger partial charge < -0.3 is 9.88 Å². The molecule has 29 heavy (non-hydrogen) atoms. The Hall–Kier alpha value is -2.77. The molecule has 3 heterocycles. The van der Waals surface area contributed by atoms with E-state index in [1.807, 2.05) is 13.0 Å². The smallest absolute Gasteiger partial charge is 0.255 e. The average Bonchev–Trinajstić information content (AvgIpc) is 2.74. The largest absolute Gasteiger partial charge is 0.338 e. The summed E-state index contributed by atoms with van der Waals surface area (Å²) in [5.74, 6) is 0.612. The van der Waals surface area contributed by atoms with Crippen LogP contribution < -0.4 is 10.5 Å². The van der Waals surface area contributed by atoms with Crippen molar-refractivity contribution in [2.24, 2.45) is 0 Å². The van der Waals surface area contributed by atoms with Gasteiger partial charge in [0, 0.05) is 56.2 Å². The van der Waals surface area contributed by atoms with Gasteiger partial charge in [-0.25, -0.2) is 9.97 Å². The number of aromatic nitrogens is 3. The fourth-order valence-corrected chi connectivity index (χ4v) is 3.70. The van der Waals surface area contributed by atoms with Gasteiger partial charge in [-0.1, -0.05) is 19.1 Å². The molecule has 1 aliphatic heterocycles. The maximum absolute atomic E-state index is 12.1. The number of H-pyrrole nitrogens is 1. The summed E-state index contributed by atoms with van der Waals surface area (Å²) < 4.78 is 0. The standard InChI is InChI=1S/C21H22ClN5O2/c1-2-15-10-16-4-3-14(9-18(16)25-20(15)29)13-26-5-7-27(8-6-26)21-23-11-17(12-24-21)19(22)28/h3-4,9-12H,2,5-8,13H2,1H3,(H,25,29).